The molecule has 0 aliphatic heterocycles. The maximum Gasteiger partial charge on any atom is 0.320 e. The fourth-order valence-corrected chi connectivity index (χ4v) is 2.88. The number of halogens is 1. The molecule has 2 amide bonds. The number of benzene rings is 2. The number of H-pyrrole nitrogens is 1. The molecule has 0 fully saturated rings. The van der Waals surface area contributed by atoms with Gasteiger partial charge in [0, 0.05) is 29.8 Å². The first-order valence-electron chi connectivity index (χ1n) is 8.76. The van der Waals surface area contributed by atoms with Crippen LogP contribution in [0.2, 0.25) is 0 Å². The Morgan fingerprint density at radius 2 is 2.00 bits per heavy atom. The van der Waals surface area contributed by atoms with Crippen molar-refractivity contribution in [2.24, 2.45) is 0 Å². The van der Waals surface area contributed by atoms with Crippen LogP contribution >= 0.6 is 0 Å². The number of nitrogens with zero attached hydrogens (tertiary/aromatic N) is 3. The summed E-state index contributed by atoms with van der Waals surface area (Å²) in [6, 6.07) is 16.4. The number of urea groups is 1. The highest BCUT2D eigenvalue weighted by molar-refractivity contribution is 5.95. The molecule has 29 heavy (non-hydrogen) atoms. The number of pyridine rings is 1. The highest BCUT2D eigenvalue weighted by atomic mass is 19.1. The van der Waals surface area contributed by atoms with Crippen molar-refractivity contribution in [3.05, 3.63) is 77.7 Å². The van der Waals surface area contributed by atoms with Crippen molar-refractivity contribution in [1.82, 2.24) is 20.5 Å². The lowest BCUT2D eigenvalue weighted by atomic mass is 10.1. The number of carbonyl (C=O) groups excluding carboxylic acids is 1. The molecular weight excluding hydrogens is 371 g/mol. The van der Waals surface area contributed by atoms with Crippen LogP contribution in [0.25, 0.3) is 22.2 Å². The Morgan fingerprint density at radius 3 is 2.79 bits per heavy atom. The van der Waals surface area contributed by atoms with Gasteiger partial charge >= 0.3 is 6.03 Å². The zero-order valence-electron chi connectivity index (χ0n) is 15.1. The number of hydrogen-bond donors (Lipinski definition) is 3. The summed E-state index contributed by atoms with van der Waals surface area (Å²) in [7, 11) is 0. The molecule has 3 N–H and O–H groups in total. The molecule has 4 aromatic rings. The fourth-order valence-electron chi connectivity index (χ4n) is 2.88. The van der Waals surface area contributed by atoms with E-state index < -0.39 is 6.03 Å². The Kier molecular flexibility index (Phi) is 4.86. The second-order valence-electron chi connectivity index (χ2n) is 6.31. The lowest BCUT2D eigenvalue weighted by Crippen LogP contribution is -2.28. The van der Waals surface area contributed by atoms with Gasteiger partial charge in [0.05, 0.1) is 17.1 Å². The highest BCUT2D eigenvalue weighted by Crippen LogP contribution is 2.27. The predicted molar refractivity (Wildman–Crippen MR) is 106 cm³/mol. The molecule has 0 spiro atoms. The van der Waals surface area contributed by atoms with Crippen LogP contribution in [0.15, 0.2) is 60.8 Å². The SMILES string of the molecule is N#Cc1cccc(-c2n[nH]c3cc(NC(=O)NCc4ccc(F)cc4)ncc23)c1. The summed E-state index contributed by atoms with van der Waals surface area (Å²) in [6.45, 7) is 0.262. The summed E-state index contributed by atoms with van der Waals surface area (Å²) in [5.41, 5.74) is 3.50. The molecule has 4 rings (SSSR count). The Morgan fingerprint density at radius 1 is 1.17 bits per heavy atom. The highest BCUT2D eigenvalue weighted by Gasteiger charge is 2.11. The van der Waals surface area contributed by atoms with E-state index in [1.165, 1.54) is 12.1 Å². The van der Waals surface area contributed by atoms with E-state index in [9.17, 15) is 9.18 Å². The van der Waals surface area contributed by atoms with Gasteiger partial charge in [-0.25, -0.2) is 14.2 Å². The largest absolute Gasteiger partial charge is 0.334 e. The van der Waals surface area contributed by atoms with Crippen molar-refractivity contribution in [3.63, 3.8) is 0 Å². The van der Waals surface area contributed by atoms with Crippen molar-refractivity contribution in [3.8, 4) is 17.3 Å². The second kappa shape index (κ2) is 7.78. The Labute approximate surface area is 165 Å². The first kappa shape index (κ1) is 18.1. The van der Waals surface area contributed by atoms with Crippen molar-refractivity contribution >= 4 is 22.8 Å². The number of fused-ring (bicyclic) bond motifs is 1. The standard InChI is InChI=1S/C21H15FN6O/c22-16-6-4-13(5-7-16)11-25-21(29)26-19-9-18-17(12-24-19)20(28-27-18)15-3-1-2-14(8-15)10-23/h1-9,12H,11H2,(H,27,28)(H2,24,25,26,29). The molecule has 2 aromatic carbocycles. The molecule has 0 radical (unpaired) electrons. The molecule has 2 aromatic heterocycles. The summed E-state index contributed by atoms with van der Waals surface area (Å²) < 4.78 is 12.9. The van der Waals surface area contributed by atoms with Crippen LogP contribution in [0.5, 0.6) is 0 Å². The maximum atomic E-state index is 12.9. The van der Waals surface area contributed by atoms with Crippen LogP contribution in [0.4, 0.5) is 15.0 Å². The third-order valence-corrected chi connectivity index (χ3v) is 4.32. The normalized spacial score (nSPS) is 10.5. The number of amides is 2. The Hall–Kier alpha value is -4.25. The van der Waals surface area contributed by atoms with Crippen LogP contribution in [0, 0.1) is 17.1 Å². The van der Waals surface area contributed by atoms with Crippen molar-refractivity contribution in [2.45, 2.75) is 6.54 Å². The van der Waals surface area contributed by atoms with E-state index >= 15 is 0 Å². The number of nitriles is 1. The van der Waals surface area contributed by atoms with Crippen LogP contribution in [-0.4, -0.2) is 21.2 Å². The summed E-state index contributed by atoms with van der Waals surface area (Å²) in [5.74, 6) is 0.0315. The average Bonchev–Trinajstić information content (AvgIpc) is 3.16. The number of nitrogens with one attached hydrogen (secondary N) is 3. The van der Waals surface area contributed by atoms with E-state index in [1.54, 1.807) is 42.6 Å². The summed E-state index contributed by atoms with van der Waals surface area (Å²) in [4.78, 5) is 16.4. The third-order valence-electron chi connectivity index (χ3n) is 4.32. The molecular formula is C21H15FN6O. The summed E-state index contributed by atoms with van der Waals surface area (Å²) in [6.07, 6.45) is 1.61. The predicted octanol–water partition coefficient (Wildman–Crippen LogP) is 3.96. The number of rotatable bonds is 4. The van der Waals surface area contributed by atoms with Gasteiger partial charge in [0.2, 0.25) is 0 Å². The number of carbonyl (C=O) groups is 1. The van der Waals surface area contributed by atoms with Gasteiger partial charge < -0.3 is 5.32 Å². The minimum absolute atomic E-state index is 0.262. The van der Waals surface area contributed by atoms with Gasteiger partial charge in [-0.15, -0.1) is 0 Å². The zero-order valence-corrected chi connectivity index (χ0v) is 15.1. The van der Waals surface area contributed by atoms with Gasteiger partial charge in [-0.05, 0) is 29.8 Å². The fraction of sp³-hybridized carbons (Fsp3) is 0.0476. The third kappa shape index (κ3) is 4.04. The van der Waals surface area contributed by atoms with Gasteiger partial charge in [0.1, 0.15) is 17.3 Å². The van der Waals surface area contributed by atoms with Crippen molar-refractivity contribution in [2.75, 3.05) is 5.32 Å². The molecule has 0 saturated heterocycles. The quantitative estimate of drug-likeness (QED) is 0.493. The molecule has 0 aliphatic rings. The maximum absolute atomic E-state index is 12.9. The van der Waals surface area contributed by atoms with Crippen molar-refractivity contribution < 1.29 is 9.18 Å². The van der Waals surface area contributed by atoms with Crippen LogP contribution in [-0.2, 0) is 6.54 Å². The van der Waals surface area contributed by atoms with E-state index in [2.05, 4.69) is 31.9 Å². The van der Waals surface area contributed by atoms with Crippen LogP contribution in [0.3, 0.4) is 0 Å². The number of hydrogen-bond acceptors (Lipinski definition) is 4. The van der Waals surface area contributed by atoms with Crippen molar-refractivity contribution in [1.29, 1.82) is 5.26 Å². The summed E-state index contributed by atoms with van der Waals surface area (Å²) in [5, 5.41) is 22.4. The van der Waals surface area contributed by atoms with Gasteiger partial charge in [-0.1, -0.05) is 24.3 Å². The first-order chi connectivity index (χ1) is 14.1. The number of aromatic amines is 1. The molecule has 142 valence electrons. The van der Waals surface area contributed by atoms with Gasteiger partial charge in [-0.2, -0.15) is 10.4 Å². The average molecular weight is 386 g/mol. The molecule has 0 atom stereocenters. The molecule has 0 aliphatic carbocycles. The van der Waals surface area contributed by atoms with Gasteiger partial charge in [0.25, 0.3) is 0 Å². The summed E-state index contributed by atoms with van der Waals surface area (Å²) >= 11 is 0. The molecule has 0 unspecified atom stereocenters. The topological polar surface area (TPSA) is 106 Å². The van der Waals surface area contributed by atoms with E-state index in [1.807, 2.05) is 6.07 Å². The first-order valence-corrected chi connectivity index (χ1v) is 8.76. The second-order valence-corrected chi connectivity index (χ2v) is 6.31. The van der Waals surface area contributed by atoms with Crippen LogP contribution in [0.1, 0.15) is 11.1 Å². The lowest BCUT2D eigenvalue weighted by molar-refractivity contribution is 0.251. The van der Waals surface area contributed by atoms with E-state index in [0.29, 0.717) is 22.6 Å². The Bertz CT molecular complexity index is 1230. The van der Waals surface area contributed by atoms with E-state index in [0.717, 1.165) is 16.5 Å². The molecule has 2 heterocycles. The molecule has 8 heteroatoms. The zero-order chi connectivity index (χ0) is 20.2. The Balaban J connectivity index is 1.47. The number of aromatic nitrogens is 3. The monoisotopic (exact) mass is 386 g/mol. The van der Waals surface area contributed by atoms with E-state index in [-0.39, 0.29) is 12.4 Å². The molecule has 0 saturated carbocycles. The number of anilines is 1. The molecule has 0 bridgehead atoms. The van der Waals surface area contributed by atoms with E-state index in [4.69, 9.17) is 5.26 Å². The minimum atomic E-state index is -0.428. The minimum Gasteiger partial charge on any atom is -0.334 e. The van der Waals surface area contributed by atoms with Gasteiger partial charge in [0.15, 0.2) is 0 Å². The smallest absolute Gasteiger partial charge is 0.320 e. The molecule has 7 nitrogen and oxygen atoms in total. The van der Waals surface area contributed by atoms with Crippen LogP contribution < -0.4 is 10.6 Å². The van der Waals surface area contributed by atoms with Gasteiger partial charge in [-0.3, -0.25) is 10.4 Å². The lowest BCUT2D eigenvalue weighted by Gasteiger charge is -2.07.